The Morgan fingerprint density at radius 2 is 1.55 bits per heavy atom. The van der Waals surface area contributed by atoms with Crippen molar-refractivity contribution < 1.29 is 22.7 Å². The summed E-state index contributed by atoms with van der Waals surface area (Å²) in [6.45, 7) is 3.78. The highest BCUT2D eigenvalue weighted by Crippen LogP contribution is 2.24. The Kier molecular flexibility index (Phi) is 7.53. The average molecular weight is 466 g/mol. The summed E-state index contributed by atoms with van der Waals surface area (Å²) in [5.74, 6) is 0.631. The highest BCUT2D eigenvalue weighted by atomic mass is 32.2. The Labute approximate surface area is 192 Å². The summed E-state index contributed by atoms with van der Waals surface area (Å²) in [5, 5.41) is 11.5. The molecule has 1 amide bonds. The van der Waals surface area contributed by atoms with Gasteiger partial charge in [-0.2, -0.15) is 5.26 Å². The summed E-state index contributed by atoms with van der Waals surface area (Å²) < 4.78 is 39.2. The first-order valence-electron chi connectivity index (χ1n) is 10.1. The maximum Gasteiger partial charge on any atom is 0.262 e. The van der Waals surface area contributed by atoms with Crippen LogP contribution in [0, 0.1) is 18.3 Å². The first-order chi connectivity index (χ1) is 15.8. The summed E-state index contributed by atoms with van der Waals surface area (Å²) >= 11 is 0. The van der Waals surface area contributed by atoms with Crippen LogP contribution in [0.2, 0.25) is 0 Å². The van der Waals surface area contributed by atoms with Crippen LogP contribution >= 0.6 is 0 Å². The van der Waals surface area contributed by atoms with Crippen LogP contribution in [0.4, 0.5) is 11.4 Å². The number of rotatable bonds is 9. The molecule has 3 aromatic rings. The van der Waals surface area contributed by atoms with Gasteiger partial charge >= 0.3 is 0 Å². The van der Waals surface area contributed by atoms with Gasteiger partial charge in [0.1, 0.15) is 11.5 Å². The topological polar surface area (TPSA) is 118 Å². The van der Waals surface area contributed by atoms with E-state index in [1.165, 1.54) is 6.07 Å². The van der Waals surface area contributed by atoms with Gasteiger partial charge in [0.2, 0.25) is 0 Å². The number of hydrogen-bond acceptors (Lipinski definition) is 6. The Morgan fingerprint density at radius 3 is 2.18 bits per heavy atom. The molecule has 3 rings (SSSR count). The van der Waals surface area contributed by atoms with Crippen molar-refractivity contribution in [3.63, 3.8) is 0 Å². The lowest BCUT2D eigenvalue weighted by Crippen LogP contribution is -2.21. The maximum absolute atomic E-state index is 12.9. The number of nitrogens with zero attached hydrogens (tertiary/aromatic N) is 1. The fraction of sp³-hybridized carbons (Fsp3) is 0.167. The normalized spacial score (nSPS) is 10.7. The molecule has 0 saturated heterocycles. The van der Waals surface area contributed by atoms with Crippen molar-refractivity contribution in [3.8, 4) is 17.6 Å². The Morgan fingerprint density at radius 1 is 0.939 bits per heavy atom. The number of hydrogen-bond donors (Lipinski definition) is 2. The zero-order valence-corrected chi connectivity index (χ0v) is 19.0. The molecule has 0 aliphatic heterocycles. The van der Waals surface area contributed by atoms with Crippen LogP contribution in [0.1, 0.15) is 18.1 Å². The van der Waals surface area contributed by atoms with Gasteiger partial charge in [-0.3, -0.25) is 9.52 Å². The van der Waals surface area contributed by atoms with E-state index in [-0.39, 0.29) is 11.5 Å². The van der Waals surface area contributed by atoms with Crippen molar-refractivity contribution in [2.45, 2.75) is 18.7 Å². The molecule has 2 N–H and O–H groups in total. The highest BCUT2D eigenvalue weighted by Gasteiger charge is 2.18. The lowest BCUT2D eigenvalue weighted by molar-refractivity contribution is -0.118. The van der Waals surface area contributed by atoms with E-state index < -0.39 is 15.9 Å². The SMILES string of the molecule is CCOc1ccc(NS(=O)(=O)c2cc(NC(=O)COc3ccc(C#N)cc3)ccc2C)cc1. The summed E-state index contributed by atoms with van der Waals surface area (Å²) in [7, 11) is -3.89. The first kappa shape index (κ1) is 23.6. The largest absolute Gasteiger partial charge is 0.494 e. The second kappa shape index (κ2) is 10.5. The molecule has 8 nitrogen and oxygen atoms in total. The van der Waals surface area contributed by atoms with Gasteiger partial charge in [0.25, 0.3) is 15.9 Å². The number of nitrogens with one attached hydrogen (secondary N) is 2. The molecule has 0 fully saturated rings. The van der Waals surface area contributed by atoms with Gasteiger partial charge in [0.15, 0.2) is 6.61 Å². The lowest BCUT2D eigenvalue weighted by Gasteiger charge is -2.13. The van der Waals surface area contributed by atoms with Gasteiger partial charge in [-0.25, -0.2) is 8.42 Å². The van der Waals surface area contributed by atoms with Crippen molar-refractivity contribution in [1.82, 2.24) is 0 Å². The smallest absolute Gasteiger partial charge is 0.262 e. The van der Waals surface area contributed by atoms with E-state index in [2.05, 4.69) is 10.0 Å². The van der Waals surface area contributed by atoms with Gasteiger partial charge in [-0.15, -0.1) is 0 Å². The molecule has 0 bridgehead atoms. The minimum Gasteiger partial charge on any atom is -0.494 e. The minimum absolute atomic E-state index is 0.0437. The second-order valence-electron chi connectivity index (χ2n) is 7.02. The van der Waals surface area contributed by atoms with E-state index in [1.54, 1.807) is 67.6 Å². The van der Waals surface area contributed by atoms with E-state index in [0.717, 1.165) is 0 Å². The van der Waals surface area contributed by atoms with Crippen molar-refractivity contribution in [3.05, 3.63) is 77.9 Å². The third kappa shape index (κ3) is 6.48. The van der Waals surface area contributed by atoms with Crippen molar-refractivity contribution in [2.24, 2.45) is 0 Å². The third-order valence-corrected chi connectivity index (χ3v) is 6.06. The molecule has 0 unspecified atom stereocenters. The van der Waals surface area contributed by atoms with E-state index in [9.17, 15) is 13.2 Å². The van der Waals surface area contributed by atoms with Crippen LogP contribution in [0.25, 0.3) is 0 Å². The van der Waals surface area contributed by atoms with Crippen LogP contribution in [0.5, 0.6) is 11.5 Å². The molecule has 0 saturated carbocycles. The predicted octanol–water partition coefficient (Wildman–Crippen LogP) is 4.08. The molecule has 0 heterocycles. The minimum atomic E-state index is -3.89. The molecular formula is C24H23N3O5S. The summed E-state index contributed by atoms with van der Waals surface area (Å²) in [4.78, 5) is 12.3. The zero-order chi connectivity index (χ0) is 23.8. The molecule has 0 spiro atoms. The van der Waals surface area contributed by atoms with Crippen LogP contribution < -0.4 is 19.5 Å². The third-order valence-electron chi connectivity index (χ3n) is 4.53. The molecule has 0 radical (unpaired) electrons. The number of anilines is 2. The van der Waals surface area contributed by atoms with Gasteiger partial charge in [0, 0.05) is 11.4 Å². The molecule has 0 atom stereocenters. The van der Waals surface area contributed by atoms with Crippen LogP contribution in [0.3, 0.4) is 0 Å². The molecule has 0 aromatic heterocycles. The number of sulfonamides is 1. The number of aryl methyl sites for hydroxylation is 1. The maximum atomic E-state index is 12.9. The van der Waals surface area contributed by atoms with Crippen LogP contribution in [0.15, 0.2) is 71.6 Å². The predicted molar refractivity (Wildman–Crippen MR) is 125 cm³/mol. The average Bonchev–Trinajstić information content (AvgIpc) is 2.80. The quantitative estimate of drug-likeness (QED) is 0.492. The standard InChI is InChI=1S/C24H23N3O5S/c1-3-31-21-12-8-19(9-13-21)27-33(29,30)23-14-20(7-4-17(23)2)26-24(28)16-32-22-10-5-18(15-25)6-11-22/h4-14,27H,3,16H2,1-2H3,(H,26,28). The molecule has 0 aliphatic carbocycles. The number of carbonyl (C=O) groups excluding carboxylic acids is 1. The molecule has 9 heteroatoms. The van der Waals surface area contributed by atoms with E-state index >= 15 is 0 Å². The van der Waals surface area contributed by atoms with Crippen molar-refractivity contribution >= 4 is 27.3 Å². The van der Waals surface area contributed by atoms with Crippen molar-refractivity contribution in [2.75, 3.05) is 23.3 Å². The van der Waals surface area contributed by atoms with Gasteiger partial charge in [-0.1, -0.05) is 6.07 Å². The second-order valence-corrected chi connectivity index (χ2v) is 8.67. The lowest BCUT2D eigenvalue weighted by atomic mass is 10.2. The monoisotopic (exact) mass is 465 g/mol. The number of carbonyl (C=O) groups is 1. The molecule has 170 valence electrons. The van der Waals surface area contributed by atoms with Gasteiger partial charge in [0.05, 0.1) is 23.1 Å². The van der Waals surface area contributed by atoms with Crippen LogP contribution in [-0.2, 0) is 14.8 Å². The van der Waals surface area contributed by atoms with E-state index in [1.807, 2.05) is 13.0 Å². The van der Waals surface area contributed by atoms with Crippen LogP contribution in [-0.4, -0.2) is 27.5 Å². The Balaban J connectivity index is 1.67. The molecule has 0 aliphatic rings. The first-order valence-corrected chi connectivity index (χ1v) is 11.6. The van der Waals surface area contributed by atoms with E-state index in [0.29, 0.717) is 40.6 Å². The van der Waals surface area contributed by atoms with Crippen molar-refractivity contribution in [1.29, 1.82) is 5.26 Å². The van der Waals surface area contributed by atoms with Gasteiger partial charge in [-0.05, 0) is 80.1 Å². The number of nitriles is 1. The summed E-state index contributed by atoms with van der Waals surface area (Å²) in [6, 6.07) is 19.6. The molecule has 3 aromatic carbocycles. The fourth-order valence-electron chi connectivity index (χ4n) is 2.94. The van der Waals surface area contributed by atoms with E-state index in [4.69, 9.17) is 14.7 Å². The summed E-state index contributed by atoms with van der Waals surface area (Å²) in [6.07, 6.45) is 0. The Bertz CT molecular complexity index is 1260. The number of benzene rings is 3. The highest BCUT2D eigenvalue weighted by molar-refractivity contribution is 7.92. The molecule has 33 heavy (non-hydrogen) atoms. The zero-order valence-electron chi connectivity index (χ0n) is 18.2. The molecular weight excluding hydrogens is 442 g/mol. The summed E-state index contributed by atoms with van der Waals surface area (Å²) in [5.41, 5.74) is 1.73. The number of amides is 1. The Hall–Kier alpha value is -4.03. The number of ether oxygens (including phenoxy) is 2. The van der Waals surface area contributed by atoms with Gasteiger partial charge < -0.3 is 14.8 Å². The fourth-order valence-corrected chi connectivity index (χ4v) is 4.27.